The van der Waals surface area contributed by atoms with E-state index in [1.165, 1.54) is 16.7 Å². The van der Waals surface area contributed by atoms with Crippen LogP contribution in [0.15, 0.2) is 54.6 Å². The molecule has 0 bridgehead atoms. The Hall–Kier alpha value is -1.64. The number of hydrogen-bond donors (Lipinski definition) is 1. The highest BCUT2D eigenvalue weighted by molar-refractivity contribution is 5.63. The second-order valence-corrected chi connectivity index (χ2v) is 6.13. The number of rotatable bonds is 3. The lowest BCUT2D eigenvalue weighted by Gasteiger charge is -2.34. The van der Waals surface area contributed by atoms with E-state index in [2.05, 4.69) is 60.4 Å². The molecule has 1 heterocycles. The molecule has 110 valence electrons. The summed E-state index contributed by atoms with van der Waals surface area (Å²) >= 11 is 0. The molecular weight excluding hydrogens is 258 g/mol. The van der Waals surface area contributed by atoms with Crippen LogP contribution in [0.2, 0.25) is 0 Å². The molecule has 0 saturated carbocycles. The Balaban J connectivity index is 1.65. The number of hydrogen-bond acceptors (Lipinski definition) is 2. The molecule has 2 aromatic carbocycles. The summed E-state index contributed by atoms with van der Waals surface area (Å²) in [7, 11) is 0. The van der Waals surface area contributed by atoms with Crippen molar-refractivity contribution in [3.05, 3.63) is 60.2 Å². The minimum atomic E-state index is -0.178. The fourth-order valence-corrected chi connectivity index (χ4v) is 2.95. The molecule has 0 radical (unpaired) electrons. The second-order valence-electron chi connectivity index (χ2n) is 6.13. The normalized spacial score (nSPS) is 23.1. The summed E-state index contributed by atoms with van der Waals surface area (Å²) in [4.78, 5) is 2.35. The second kappa shape index (κ2) is 6.42. The van der Waals surface area contributed by atoms with Gasteiger partial charge in [0.05, 0.1) is 6.10 Å². The van der Waals surface area contributed by atoms with E-state index in [0.29, 0.717) is 5.92 Å². The summed E-state index contributed by atoms with van der Waals surface area (Å²) in [5.41, 5.74) is 3.83. The van der Waals surface area contributed by atoms with Gasteiger partial charge in [0.2, 0.25) is 0 Å². The van der Waals surface area contributed by atoms with Crippen molar-refractivity contribution in [3.8, 4) is 11.1 Å². The third-order valence-electron chi connectivity index (χ3n) is 4.47. The summed E-state index contributed by atoms with van der Waals surface area (Å²) < 4.78 is 0. The maximum absolute atomic E-state index is 9.98. The molecule has 0 aliphatic carbocycles. The van der Waals surface area contributed by atoms with Crippen molar-refractivity contribution in [1.29, 1.82) is 0 Å². The van der Waals surface area contributed by atoms with Crippen LogP contribution in [0.5, 0.6) is 0 Å². The van der Waals surface area contributed by atoms with Crippen LogP contribution in [0.3, 0.4) is 0 Å². The van der Waals surface area contributed by atoms with Gasteiger partial charge in [0.1, 0.15) is 0 Å². The van der Waals surface area contributed by atoms with E-state index in [0.717, 1.165) is 26.1 Å². The molecule has 0 aromatic heterocycles. The Morgan fingerprint density at radius 2 is 1.67 bits per heavy atom. The number of nitrogens with zero attached hydrogens (tertiary/aromatic N) is 1. The van der Waals surface area contributed by atoms with Gasteiger partial charge in [-0.25, -0.2) is 0 Å². The van der Waals surface area contributed by atoms with Crippen LogP contribution >= 0.6 is 0 Å². The van der Waals surface area contributed by atoms with E-state index >= 15 is 0 Å². The molecule has 2 unspecified atom stereocenters. The van der Waals surface area contributed by atoms with Crippen LogP contribution in [-0.2, 0) is 6.54 Å². The van der Waals surface area contributed by atoms with Crippen molar-refractivity contribution in [2.24, 2.45) is 5.92 Å². The molecule has 21 heavy (non-hydrogen) atoms. The monoisotopic (exact) mass is 281 g/mol. The lowest BCUT2D eigenvalue weighted by molar-refractivity contribution is 0.0259. The van der Waals surface area contributed by atoms with E-state index in [9.17, 15) is 5.11 Å². The van der Waals surface area contributed by atoms with Gasteiger partial charge in [-0.15, -0.1) is 0 Å². The van der Waals surface area contributed by atoms with E-state index < -0.39 is 0 Å². The summed E-state index contributed by atoms with van der Waals surface area (Å²) in [6.07, 6.45) is 0.908. The number of aliphatic hydroxyl groups excluding tert-OH is 1. The third-order valence-corrected chi connectivity index (χ3v) is 4.47. The van der Waals surface area contributed by atoms with Crippen molar-refractivity contribution in [1.82, 2.24) is 4.90 Å². The van der Waals surface area contributed by atoms with Crippen molar-refractivity contribution < 1.29 is 5.11 Å². The van der Waals surface area contributed by atoms with E-state index in [1.54, 1.807) is 0 Å². The number of aliphatic hydroxyl groups is 1. The molecule has 1 aliphatic rings. The van der Waals surface area contributed by atoms with Gasteiger partial charge in [-0.2, -0.15) is 0 Å². The largest absolute Gasteiger partial charge is 0.392 e. The van der Waals surface area contributed by atoms with Gasteiger partial charge in [-0.05, 0) is 35.6 Å². The lowest BCUT2D eigenvalue weighted by Crippen LogP contribution is -2.42. The van der Waals surface area contributed by atoms with Crippen molar-refractivity contribution in [2.45, 2.75) is 26.0 Å². The van der Waals surface area contributed by atoms with Crippen molar-refractivity contribution >= 4 is 0 Å². The number of benzene rings is 2. The van der Waals surface area contributed by atoms with E-state index in [-0.39, 0.29) is 6.10 Å². The first-order valence-corrected chi connectivity index (χ1v) is 7.77. The topological polar surface area (TPSA) is 23.5 Å². The van der Waals surface area contributed by atoms with Crippen LogP contribution in [-0.4, -0.2) is 29.2 Å². The summed E-state index contributed by atoms with van der Waals surface area (Å²) in [5.74, 6) is 0.432. The van der Waals surface area contributed by atoms with Crippen LogP contribution in [0.4, 0.5) is 0 Å². The zero-order valence-electron chi connectivity index (χ0n) is 12.6. The zero-order valence-corrected chi connectivity index (χ0v) is 12.6. The minimum absolute atomic E-state index is 0.178. The molecule has 2 heteroatoms. The quantitative estimate of drug-likeness (QED) is 0.930. The molecule has 3 rings (SSSR count). The predicted molar refractivity (Wildman–Crippen MR) is 86.9 cm³/mol. The van der Waals surface area contributed by atoms with Gasteiger partial charge in [0, 0.05) is 13.1 Å². The number of likely N-dealkylation sites (tertiary alicyclic amines) is 1. The average Bonchev–Trinajstić information content (AvgIpc) is 2.53. The molecule has 1 aliphatic heterocycles. The fraction of sp³-hybridized carbons (Fsp3) is 0.368. The van der Waals surface area contributed by atoms with Gasteiger partial charge in [0.15, 0.2) is 0 Å². The van der Waals surface area contributed by atoms with Crippen LogP contribution in [0.1, 0.15) is 18.9 Å². The van der Waals surface area contributed by atoms with Gasteiger partial charge < -0.3 is 5.11 Å². The summed E-state index contributed by atoms with van der Waals surface area (Å²) in [6.45, 7) is 4.94. The van der Waals surface area contributed by atoms with Crippen molar-refractivity contribution in [2.75, 3.05) is 13.1 Å². The average molecular weight is 281 g/mol. The molecule has 2 aromatic rings. The first-order valence-electron chi connectivity index (χ1n) is 7.77. The fourth-order valence-electron chi connectivity index (χ4n) is 2.95. The summed E-state index contributed by atoms with van der Waals surface area (Å²) in [6, 6.07) is 19.2. The smallest absolute Gasteiger partial charge is 0.0693 e. The highest BCUT2D eigenvalue weighted by Crippen LogP contribution is 2.22. The molecule has 0 amide bonds. The van der Waals surface area contributed by atoms with Crippen molar-refractivity contribution in [3.63, 3.8) is 0 Å². The molecule has 1 N–H and O–H groups in total. The Labute approximate surface area is 127 Å². The summed E-state index contributed by atoms with van der Waals surface area (Å²) in [5, 5.41) is 9.98. The predicted octanol–water partition coefficient (Wildman–Crippen LogP) is 3.56. The highest BCUT2D eigenvalue weighted by Gasteiger charge is 2.23. The molecule has 2 atom stereocenters. The maximum Gasteiger partial charge on any atom is 0.0693 e. The molecule has 0 spiro atoms. The Bertz CT molecular complexity index is 564. The molecule has 2 nitrogen and oxygen atoms in total. The first-order chi connectivity index (χ1) is 10.2. The zero-order chi connectivity index (χ0) is 14.7. The molecule has 1 saturated heterocycles. The number of piperidine rings is 1. The van der Waals surface area contributed by atoms with Gasteiger partial charge >= 0.3 is 0 Å². The number of β-amino-alcohol motifs (C(OH)–C–C–N with tert-alkyl or cyclic N) is 1. The SMILES string of the molecule is CC1CCN(Cc2ccc(-c3ccccc3)cc2)CC1O. The van der Waals surface area contributed by atoms with E-state index in [4.69, 9.17) is 0 Å². The lowest BCUT2D eigenvalue weighted by atomic mass is 9.95. The highest BCUT2D eigenvalue weighted by atomic mass is 16.3. The standard InChI is InChI=1S/C19H23NO/c1-15-11-12-20(14-19(15)21)13-16-7-9-18(10-8-16)17-5-3-2-4-6-17/h2-10,15,19,21H,11-14H2,1H3. The van der Waals surface area contributed by atoms with Gasteiger partial charge in [0.25, 0.3) is 0 Å². The van der Waals surface area contributed by atoms with E-state index in [1.807, 2.05) is 6.07 Å². The van der Waals surface area contributed by atoms with Crippen LogP contribution in [0, 0.1) is 5.92 Å². The maximum atomic E-state index is 9.98. The molecule has 1 fully saturated rings. The Kier molecular flexibility index (Phi) is 4.37. The van der Waals surface area contributed by atoms with Crippen LogP contribution in [0.25, 0.3) is 11.1 Å². The molecular formula is C19H23NO. The first kappa shape index (κ1) is 14.3. The van der Waals surface area contributed by atoms with Gasteiger partial charge in [-0.3, -0.25) is 4.90 Å². The minimum Gasteiger partial charge on any atom is -0.392 e. The Morgan fingerprint density at radius 1 is 1.00 bits per heavy atom. The third kappa shape index (κ3) is 3.52. The van der Waals surface area contributed by atoms with Gasteiger partial charge in [-0.1, -0.05) is 61.5 Å². The van der Waals surface area contributed by atoms with Crippen LogP contribution < -0.4 is 0 Å². The Morgan fingerprint density at radius 3 is 2.33 bits per heavy atom.